The van der Waals surface area contributed by atoms with Gasteiger partial charge in [-0.3, -0.25) is 4.68 Å². The third-order valence-electron chi connectivity index (χ3n) is 2.81. The molecule has 3 rings (SSSR count). The van der Waals surface area contributed by atoms with Crippen molar-refractivity contribution in [3.63, 3.8) is 0 Å². The molecule has 0 atom stereocenters. The number of nitrogens with zero attached hydrogens (tertiary/aromatic N) is 4. The van der Waals surface area contributed by atoms with Gasteiger partial charge < -0.3 is 5.32 Å². The molecule has 1 aromatic carbocycles. The van der Waals surface area contributed by atoms with Gasteiger partial charge in [-0.1, -0.05) is 28.1 Å². The van der Waals surface area contributed by atoms with Crippen LogP contribution in [0, 0.1) is 0 Å². The summed E-state index contributed by atoms with van der Waals surface area (Å²) in [5.41, 5.74) is 0. The molecule has 5 nitrogen and oxygen atoms in total. The Hall–Kier alpha value is -1.95. The van der Waals surface area contributed by atoms with E-state index in [4.69, 9.17) is 0 Å². The molecule has 0 aliphatic rings. The molecule has 0 saturated carbocycles. The van der Waals surface area contributed by atoms with Crippen LogP contribution in [-0.4, -0.2) is 19.7 Å². The number of benzene rings is 1. The predicted molar refractivity (Wildman–Crippen MR) is 77.8 cm³/mol. The minimum atomic E-state index is 0.555. The van der Waals surface area contributed by atoms with Crippen LogP contribution in [-0.2, 0) is 13.6 Å². The zero-order chi connectivity index (χ0) is 13.2. The first-order valence-corrected chi connectivity index (χ1v) is 6.65. The summed E-state index contributed by atoms with van der Waals surface area (Å²) in [6.07, 6.45) is 3.48. The summed E-state index contributed by atoms with van der Waals surface area (Å²) in [4.78, 5) is 8.56. The van der Waals surface area contributed by atoms with Crippen molar-refractivity contribution >= 4 is 32.5 Å². The van der Waals surface area contributed by atoms with Crippen LogP contribution < -0.4 is 5.32 Å². The van der Waals surface area contributed by atoms with Gasteiger partial charge in [-0.15, -0.1) is 0 Å². The Balaban J connectivity index is 1.91. The maximum atomic E-state index is 4.38. The lowest BCUT2D eigenvalue weighted by Crippen LogP contribution is -2.04. The van der Waals surface area contributed by atoms with Crippen molar-refractivity contribution in [3.8, 4) is 0 Å². The molecular weight excluding hydrogens is 306 g/mol. The third-order valence-corrected chi connectivity index (χ3v) is 3.51. The summed E-state index contributed by atoms with van der Waals surface area (Å²) in [5.74, 6) is 1.59. The van der Waals surface area contributed by atoms with Gasteiger partial charge >= 0.3 is 0 Å². The molecule has 1 N–H and O–H groups in total. The molecule has 96 valence electrons. The summed E-state index contributed by atoms with van der Waals surface area (Å²) in [6, 6.07) is 8.05. The van der Waals surface area contributed by atoms with Gasteiger partial charge in [-0.05, 0) is 12.1 Å². The molecule has 0 amide bonds. The Bertz CT molecular complexity index is 722. The van der Waals surface area contributed by atoms with Crippen LogP contribution in [0.2, 0.25) is 0 Å². The monoisotopic (exact) mass is 317 g/mol. The fourth-order valence-electron chi connectivity index (χ4n) is 1.94. The van der Waals surface area contributed by atoms with E-state index in [0.717, 1.165) is 26.9 Å². The van der Waals surface area contributed by atoms with Crippen LogP contribution in [0.15, 0.2) is 41.3 Å². The van der Waals surface area contributed by atoms with Gasteiger partial charge in [0.05, 0.1) is 6.54 Å². The lowest BCUT2D eigenvalue weighted by molar-refractivity contribution is 0.747. The highest BCUT2D eigenvalue weighted by molar-refractivity contribution is 9.10. The molecule has 19 heavy (non-hydrogen) atoms. The van der Waals surface area contributed by atoms with E-state index in [-0.39, 0.29) is 0 Å². The second kappa shape index (κ2) is 4.97. The second-order valence-corrected chi connectivity index (χ2v) is 5.04. The van der Waals surface area contributed by atoms with Gasteiger partial charge in [0.25, 0.3) is 0 Å². The molecule has 0 saturated heterocycles. The van der Waals surface area contributed by atoms with Crippen LogP contribution in [0.3, 0.4) is 0 Å². The first-order valence-electron chi connectivity index (χ1n) is 5.85. The Kier molecular flexibility index (Phi) is 3.16. The molecule has 3 aromatic rings. The molecule has 6 heteroatoms. The van der Waals surface area contributed by atoms with Crippen LogP contribution in [0.5, 0.6) is 0 Å². The van der Waals surface area contributed by atoms with Gasteiger partial charge in [0.2, 0.25) is 0 Å². The van der Waals surface area contributed by atoms with E-state index >= 15 is 0 Å². The van der Waals surface area contributed by atoms with Crippen molar-refractivity contribution in [2.24, 2.45) is 7.05 Å². The van der Waals surface area contributed by atoms with Crippen molar-refractivity contribution in [3.05, 3.63) is 47.1 Å². The van der Waals surface area contributed by atoms with E-state index in [0.29, 0.717) is 6.54 Å². The van der Waals surface area contributed by atoms with Crippen LogP contribution >= 0.6 is 15.9 Å². The smallest absolute Gasteiger partial charge is 0.169 e. The lowest BCUT2D eigenvalue weighted by Gasteiger charge is -2.07. The number of fused-ring (bicyclic) bond motifs is 1. The normalized spacial score (nSPS) is 10.8. The third kappa shape index (κ3) is 2.44. The van der Waals surface area contributed by atoms with Crippen molar-refractivity contribution in [2.45, 2.75) is 6.54 Å². The number of hydrogen-bond donors (Lipinski definition) is 1. The molecular formula is C13H12BrN5. The molecule has 0 bridgehead atoms. The summed E-state index contributed by atoms with van der Waals surface area (Å²) in [7, 11) is 1.85. The van der Waals surface area contributed by atoms with Gasteiger partial charge in [-0.25, -0.2) is 9.97 Å². The Morgan fingerprint density at radius 2 is 2.11 bits per heavy atom. The number of hydrogen-bond acceptors (Lipinski definition) is 4. The average Bonchev–Trinajstić information content (AvgIpc) is 2.83. The highest BCUT2D eigenvalue weighted by Gasteiger charge is 2.05. The summed E-state index contributed by atoms with van der Waals surface area (Å²) >= 11 is 3.55. The van der Waals surface area contributed by atoms with E-state index in [2.05, 4.69) is 36.3 Å². The molecule has 0 aliphatic heterocycles. The van der Waals surface area contributed by atoms with E-state index in [9.17, 15) is 0 Å². The fourth-order valence-corrected chi connectivity index (χ4v) is 2.44. The van der Waals surface area contributed by atoms with Crippen molar-refractivity contribution in [1.82, 2.24) is 19.7 Å². The SMILES string of the molecule is Cn1cnc(CNc2nccc3c(Br)cccc23)n1. The highest BCUT2D eigenvalue weighted by atomic mass is 79.9. The average molecular weight is 318 g/mol. The topological polar surface area (TPSA) is 55.6 Å². The van der Waals surface area contributed by atoms with Crippen molar-refractivity contribution in [1.29, 1.82) is 0 Å². The van der Waals surface area contributed by atoms with Crippen molar-refractivity contribution < 1.29 is 0 Å². The minimum Gasteiger partial charge on any atom is -0.362 e. The quantitative estimate of drug-likeness (QED) is 0.807. The lowest BCUT2D eigenvalue weighted by atomic mass is 10.1. The van der Waals surface area contributed by atoms with Gasteiger partial charge in [0.1, 0.15) is 12.1 Å². The maximum absolute atomic E-state index is 4.38. The summed E-state index contributed by atoms with van der Waals surface area (Å²) in [6.45, 7) is 0.555. The second-order valence-electron chi connectivity index (χ2n) is 4.18. The number of rotatable bonds is 3. The number of halogens is 1. The van der Waals surface area contributed by atoms with Gasteiger partial charge in [-0.2, -0.15) is 5.10 Å². The zero-order valence-electron chi connectivity index (χ0n) is 10.3. The number of aryl methyl sites for hydroxylation is 1. The summed E-state index contributed by atoms with van der Waals surface area (Å²) < 4.78 is 2.75. The Labute approximate surface area is 118 Å². The number of anilines is 1. The number of aromatic nitrogens is 4. The van der Waals surface area contributed by atoms with Crippen LogP contribution in [0.4, 0.5) is 5.82 Å². The molecule has 0 fully saturated rings. The van der Waals surface area contributed by atoms with Gasteiger partial charge in [0, 0.05) is 28.5 Å². The standard InChI is InChI=1S/C13H12BrN5/c1-19-8-17-12(18-19)7-16-13-10-3-2-4-11(14)9(10)5-6-15-13/h2-6,8H,7H2,1H3,(H,15,16). The van der Waals surface area contributed by atoms with E-state index in [1.54, 1.807) is 17.2 Å². The van der Waals surface area contributed by atoms with Crippen molar-refractivity contribution in [2.75, 3.05) is 5.32 Å². The predicted octanol–water partition coefficient (Wildman–Crippen LogP) is 2.74. The van der Waals surface area contributed by atoms with E-state index < -0.39 is 0 Å². The first-order chi connectivity index (χ1) is 9.24. The summed E-state index contributed by atoms with van der Waals surface area (Å²) in [5, 5.41) is 9.71. The highest BCUT2D eigenvalue weighted by Crippen LogP contribution is 2.27. The van der Waals surface area contributed by atoms with Crippen LogP contribution in [0.25, 0.3) is 10.8 Å². The molecule has 0 spiro atoms. The first kappa shape index (κ1) is 12.1. The molecule has 2 heterocycles. The van der Waals surface area contributed by atoms with Gasteiger partial charge in [0.15, 0.2) is 5.82 Å². The molecule has 0 radical (unpaired) electrons. The molecule has 0 unspecified atom stereocenters. The van der Waals surface area contributed by atoms with Crippen LogP contribution in [0.1, 0.15) is 5.82 Å². The zero-order valence-corrected chi connectivity index (χ0v) is 11.9. The van der Waals surface area contributed by atoms with E-state index in [1.807, 2.05) is 31.3 Å². The molecule has 2 aromatic heterocycles. The fraction of sp³-hybridized carbons (Fsp3) is 0.154. The maximum Gasteiger partial charge on any atom is 0.169 e. The molecule has 0 aliphatic carbocycles. The number of pyridine rings is 1. The Morgan fingerprint density at radius 3 is 2.89 bits per heavy atom. The van der Waals surface area contributed by atoms with E-state index in [1.165, 1.54) is 0 Å². The number of nitrogens with one attached hydrogen (secondary N) is 1. The Morgan fingerprint density at radius 1 is 1.21 bits per heavy atom. The minimum absolute atomic E-state index is 0.555. The largest absolute Gasteiger partial charge is 0.362 e.